The molecule has 118 valence electrons. The summed E-state index contributed by atoms with van der Waals surface area (Å²) in [6, 6.07) is 12.5. The second kappa shape index (κ2) is 8.34. The number of hydrogen-bond donors (Lipinski definition) is 2. The number of benzene rings is 1. The van der Waals surface area contributed by atoms with Crippen LogP contribution < -0.4 is 10.6 Å². The van der Waals surface area contributed by atoms with Crippen molar-refractivity contribution in [2.24, 2.45) is 0 Å². The topological polar surface area (TPSA) is 59.1 Å². The molecule has 0 saturated heterocycles. The van der Waals surface area contributed by atoms with Crippen LogP contribution in [0.3, 0.4) is 0 Å². The molecule has 1 aromatic carbocycles. The second-order valence-corrected chi connectivity index (χ2v) is 5.20. The smallest absolute Gasteiger partial charge is 0.225 e. The van der Waals surface area contributed by atoms with E-state index in [1.54, 1.807) is 7.11 Å². The maximum Gasteiger partial charge on any atom is 0.225 e. The predicted molar refractivity (Wildman–Crippen MR) is 91.2 cm³/mol. The zero-order valence-corrected chi connectivity index (χ0v) is 13.5. The molecule has 0 radical (unpaired) electrons. The van der Waals surface area contributed by atoms with Gasteiger partial charge in [0.15, 0.2) is 0 Å². The number of anilines is 2. The van der Waals surface area contributed by atoms with Gasteiger partial charge >= 0.3 is 0 Å². The van der Waals surface area contributed by atoms with Gasteiger partial charge in [-0.25, -0.2) is 4.98 Å². The lowest BCUT2D eigenvalue weighted by atomic mass is 10.1. The van der Waals surface area contributed by atoms with E-state index in [2.05, 4.69) is 34.4 Å². The Kier molecular flexibility index (Phi) is 6.15. The lowest BCUT2D eigenvalue weighted by molar-refractivity contribution is 0.210. The maximum atomic E-state index is 5.06. The van der Waals surface area contributed by atoms with Crippen LogP contribution in [0.4, 0.5) is 11.8 Å². The molecule has 2 rings (SSSR count). The van der Waals surface area contributed by atoms with E-state index in [4.69, 9.17) is 4.74 Å². The fourth-order valence-electron chi connectivity index (χ4n) is 1.98. The van der Waals surface area contributed by atoms with Crippen LogP contribution in [0.2, 0.25) is 0 Å². The first-order valence-electron chi connectivity index (χ1n) is 7.66. The van der Waals surface area contributed by atoms with E-state index in [1.165, 1.54) is 0 Å². The molecule has 1 heterocycles. The molecular weight excluding hydrogens is 276 g/mol. The van der Waals surface area contributed by atoms with E-state index in [0.29, 0.717) is 25.1 Å². The summed E-state index contributed by atoms with van der Waals surface area (Å²) >= 11 is 0. The minimum absolute atomic E-state index is 0.366. The second-order valence-electron chi connectivity index (χ2n) is 5.20. The van der Waals surface area contributed by atoms with Crippen LogP contribution in [0.25, 0.3) is 11.3 Å². The van der Waals surface area contributed by atoms with Crippen molar-refractivity contribution in [3.05, 3.63) is 36.4 Å². The van der Waals surface area contributed by atoms with Crippen molar-refractivity contribution in [2.75, 3.05) is 30.9 Å². The van der Waals surface area contributed by atoms with Crippen molar-refractivity contribution in [2.45, 2.75) is 26.3 Å². The molecule has 0 aliphatic rings. The van der Waals surface area contributed by atoms with Crippen LogP contribution in [0.5, 0.6) is 0 Å². The number of nitrogens with zero attached hydrogens (tertiary/aromatic N) is 2. The normalized spacial score (nSPS) is 12.0. The molecule has 0 saturated carbocycles. The minimum Gasteiger partial charge on any atom is -0.383 e. The predicted octanol–water partition coefficient (Wildman–Crippen LogP) is 3.41. The Morgan fingerprint density at radius 3 is 2.64 bits per heavy atom. The van der Waals surface area contributed by atoms with E-state index in [0.717, 1.165) is 23.5 Å². The van der Waals surface area contributed by atoms with E-state index in [-0.39, 0.29) is 0 Å². The third-order valence-electron chi connectivity index (χ3n) is 3.39. The van der Waals surface area contributed by atoms with Crippen LogP contribution in [0, 0.1) is 0 Å². The van der Waals surface area contributed by atoms with Gasteiger partial charge in [0.1, 0.15) is 5.82 Å². The summed E-state index contributed by atoms with van der Waals surface area (Å²) < 4.78 is 5.06. The quantitative estimate of drug-likeness (QED) is 0.732. The summed E-state index contributed by atoms with van der Waals surface area (Å²) in [4.78, 5) is 9.12. The molecule has 2 N–H and O–H groups in total. The van der Waals surface area contributed by atoms with Gasteiger partial charge in [0.05, 0.1) is 12.3 Å². The Hall–Kier alpha value is -2.14. The van der Waals surface area contributed by atoms with E-state index in [1.807, 2.05) is 36.4 Å². The number of ether oxygens (including phenoxy) is 1. The summed E-state index contributed by atoms with van der Waals surface area (Å²) in [5.74, 6) is 1.45. The van der Waals surface area contributed by atoms with Gasteiger partial charge < -0.3 is 15.4 Å². The van der Waals surface area contributed by atoms with Crippen LogP contribution in [0.1, 0.15) is 20.3 Å². The van der Waals surface area contributed by atoms with Crippen molar-refractivity contribution in [1.29, 1.82) is 0 Å². The molecule has 22 heavy (non-hydrogen) atoms. The number of aromatic nitrogens is 2. The van der Waals surface area contributed by atoms with Gasteiger partial charge in [-0.05, 0) is 13.3 Å². The van der Waals surface area contributed by atoms with Crippen LogP contribution in [-0.4, -0.2) is 36.3 Å². The zero-order chi connectivity index (χ0) is 15.8. The molecule has 0 bridgehead atoms. The summed E-state index contributed by atoms with van der Waals surface area (Å²) in [5, 5.41) is 6.61. The van der Waals surface area contributed by atoms with Gasteiger partial charge in [-0.1, -0.05) is 37.3 Å². The molecule has 1 aromatic heterocycles. The molecule has 0 aliphatic carbocycles. The van der Waals surface area contributed by atoms with E-state index < -0.39 is 0 Å². The first kappa shape index (κ1) is 16.2. The van der Waals surface area contributed by atoms with Crippen molar-refractivity contribution in [3.63, 3.8) is 0 Å². The van der Waals surface area contributed by atoms with Gasteiger partial charge in [0.2, 0.25) is 5.95 Å². The molecular formula is C17H24N4O. The molecule has 0 spiro atoms. The molecule has 1 unspecified atom stereocenters. The molecule has 5 nitrogen and oxygen atoms in total. The number of nitrogens with one attached hydrogen (secondary N) is 2. The number of methoxy groups -OCH3 is 1. The van der Waals surface area contributed by atoms with E-state index in [9.17, 15) is 0 Å². The van der Waals surface area contributed by atoms with Gasteiger partial charge in [0, 0.05) is 31.3 Å². The fourth-order valence-corrected chi connectivity index (χ4v) is 1.98. The SMILES string of the molecule is CCC(C)Nc1cc(-c2ccccc2)nc(NCCOC)n1. The minimum atomic E-state index is 0.366. The van der Waals surface area contributed by atoms with E-state index >= 15 is 0 Å². The van der Waals surface area contributed by atoms with Crippen molar-refractivity contribution < 1.29 is 4.74 Å². The van der Waals surface area contributed by atoms with Crippen LogP contribution >= 0.6 is 0 Å². The molecule has 5 heteroatoms. The lowest BCUT2D eigenvalue weighted by Crippen LogP contribution is -2.16. The lowest BCUT2D eigenvalue weighted by Gasteiger charge is -2.15. The van der Waals surface area contributed by atoms with Gasteiger partial charge in [-0.15, -0.1) is 0 Å². The Balaban J connectivity index is 2.27. The summed E-state index contributed by atoms with van der Waals surface area (Å²) in [7, 11) is 1.68. The maximum absolute atomic E-state index is 5.06. The Morgan fingerprint density at radius 1 is 1.18 bits per heavy atom. The Labute approximate surface area is 132 Å². The van der Waals surface area contributed by atoms with Crippen molar-refractivity contribution >= 4 is 11.8 Å². The standard InChI is InChI=1S/C17H24N4O/c1-4-13(2)19-16-12-15(14-8-6-5-7-9-14)20-17(21-16)18-10-11-22-3/h5-9,12-13H,4,10-11H2,1-3H3,(H2,18,19,20,21). The first-order valence-corrected chi connectivity index (χ1v) is 7.66. The average Bonchev–Trinajstić information content (AvgIpc) is 2.55. The van der Waals surface area contributed by atoms with Crippen molar-refractivity contribution in [3.8, 4) is 11.3 Å². The number of hydrogen-bond acceptors (Lipinski definition) is 5. The van der Waals surface area contributed by atoms with Gasteiger partial charge in [-0.2, -0.15) is 4.98 Å². The highest BCUT2D eigenvalue weighted by molar-refractivity contribution is 5.64. The van der Waals surface area contributed by atoms with Crippen LogP contribution in [-0.2, 0) is 4.74 Å². The molecule has 2 aromatic rings. The zero-order valence-electron chi connectivity index (χ0n) is 13.5. The molecule has 0 aliphatic heterocycles. The fraction of sp³-hybridized carbons (Fsp3) is 0.412. The number of rotatable bonds is 8. The monoisotopic (exact) mass is 300 g/mol. The largest absolute Gasteiger partial charge is 0.383 e. The third-order valence-corrected chi connectivity index (χ3v) is 3.39. The average molecular weight is 300 g/mol. The highest BCUT2D eigenvalue weighted by Gasteiger charge is 2.08. The molecule has 0 amide bonds. The molecule has 0 fully saturated rings. The Morgan fingerprint density at radius 2 is 1.95 bits per heavy atom. The third kappa shape index (κ3) is 4.70. The summed E-state index contributed by atoms with van der Waals surface area (Å²) in [5.41, 5.74) is 1.98. The van der Waals surface area contributed by atoms with Crippen LogP contribution in [0.15, 0.2) is 36.4 Å². The Bertz CT molecular complexity index is 574. The summed E-state index contributed by atoms with van der Waals surface area (Å²) in [6.45, 7) is 5.58. The molecule has 1 atom stereocenters. The van der Waals surface area contributed by atoms with Gasteiger partial charge in [-0.3, -0.25) is 0 Å². The highest BCUT2D eigenvalue weighted by atomic mass is 16.5. The summed E-state index contributed by atoms with van der Waals surface area (Å²) in [6.07, 6.45) is 1.04. The van der Waals surface area contributed by atoms with Crippen molar-refractivity contribution in [1.82, 2.24) is 9.97 Å². The van der Waals surface area contributed by atoms with Gasteiger partial charge in [0.25, 0.3) is 0 Å². The first-order chi connectivity index (χ1) is 10.7. The highest BCUT2D eigenvalue weighted by Crippen LogP contribution is 2.21.